The number of anilines is 1. The molecule has 1 aliphatic heterocycles. The first-order chi connectivity index (χ1) is 15.8. The summed E-state index contributed by atoms with van der Waals surface area (Å²) in [6.45, 7) is 3.90. The number of aromatic nitrogens is 1. The van der Waals surface area contributed by atoms with Crippen LogP contribution in [0.1, 0.15) is 28.3 Å². The maximum Gasteiger partial charge on any atom is 0.301 e. The molecule has 0 saturated carbocycles. The molecule has 1 aromatic heterocycles. The van der Waals surface area contributed by atoms with Gasteiger partial charge in [-0.2, -0.15) is 0 Å². The Kier molecular flexibility index (Phi) is 5.27. The monoisotopic (exact) mass is 474 g/mol. The molecule has 164 valence electrons. The number of hydrogen-bond donors (Lipinski definition) is 1. The van der Waals surface area contributed by atoms with E-state index < -0.39 is 17.7 Å². The minimum absolute atomic E-state index is 0.0463. The molecular formula is C26H19ClN2O3S. The number of aliphatic hydroxyl groups is 1. The number of carbonyl (C=O) groups excluding carboxylic acids is 2. The number of rotatable bonds is 3. The van der Waals surface area contributed by atoms with E-state index in [1.165, 1.54) is 16.2 Å². The van der Waals surface area contributed by atoms with Crippen molar-refractivity contribution in [1.82, 2.24) is 4.98 Å². The van der Waals surface area contributed by atoms with Crippen molar-refractivity contribution in [3.05, 3.63) is 99.6 Å². The minimum atomic E-state index is -0.803. The van der Waals surface area contributed by atoms with E-state index in [1.807, 2.05) is 50.2 Å². The van der Waals surface area contributed by atoms with Crippen LogP contribution >= 0.6 is 22.9 Å². The van der Waals surface area contributed by atoms with Crippen LogP contribution in [0.4, 0.5) is 5.13 Å². The van der Waals surface area contributed by atoms with Gasteiger partial charge in [0.1, 0.15) is 5.76 Å². The molecule has 2 heterocycles. The third-order valence-electron chi connectivity index (χ3n) is 5.71. The highest BCUT2D eigenvalue weighted by molar-refractivity contribution is 7.22. The minimum Gasteiger partial charge on any atom is -0.507 e. The van der Waals surface area contributed by atoms with Gasteiger partial charge in [-0.15, -0.1) is 0 Å². The Bertz CT molecular complexity index is 1440. The number of thiazole rings is 1. The Labute approximate surface area is 199 Å². The number of ketones is 1. The Morgan fingerprint density at radius 3 is 2.27 bits per heavy atom. The van der Waals surface area contributed by atoms with Crippen molar-refractivity contribution < 1.29 is 14.7 Å². The van der Waals surface area contributed by atoms with Crippen molar-refractivity contribution in [3.8, 4) is 0 Å². The fourth-order valence-corrected chi connectivity index (χ4v) is 5.22. The van der Waals surface area contributed by atoms with Gasteiger partial charge < -0.3 is 5.11 Å². The molecule has 1 amide bonds. The summed E-state index contributed by atoms with van der Waals surface area (Å²) < 4.78 is 0.806. The number of halogens is 1. The third-order valence-corrected chi connectivity index (χ3v) is 6.96. The molecule has 7 heteroatoms. The summed E-state index contributed by atoms with van der Waals surface area (Å²) in [5.41, 5.74) is 3.99. The summed E-state index contributed by atoms with van der Waals surface area (Å²) >= 11 is 7.41. The molecule has 3 aromatic carbocycles. The number of carbonyl (C=O) groups is 2. The number of nitrogens with zero attached hydrogens (tertiary/aromatic N) is 2. The Hall–Kier alpha value is -3.48. The summed E-state index contributed by atoms with van der Waals surface area (Å²) in [5, 5.41) is 12.1. The van der Waals surface area contributed by atoms with Gasteiger partial charge in [0.15, 0.2) is 5.13 Å². The zero-order chi connectivity index (χ0) is 23.3. The van der Waals surface area contributed by atoms with Gasteiger partial charge in [0.2, 0.25) is 0 Å². The van der Waals surface area contributed by atoms with Crippen LogP contribution < -0.4 is 4.90 Å². The second-order valence-corrected chi connectivity index (χ2v) is 9.50. The topological polar surface area (TPSA) is 70.5 Å². The Morgan fingerprint density at radius 2 is 1.61 bits per heavy atom. The molecule has 0 aliphatic carbocycles. The van der Waals surface area contributed by atoms with Crippen LogP contribution in [0.15, 0.2) is 72.3 Å². The second-order valence-electron chi connectivity index (χ2n) is 8.05. The third kappa shape index (κ3) is 3.71. The number of Topliss-reactive ketones (excluding diaryl/α,β-unsaturated/α-hetero) is 1. The molecule has 1 atom stereocenters. The molecule has 0 bridgehead atoms. The first kappa shape index (κ1) is 21.4. The highest BCUT2D eigenvalue weighted by atomic mass is 35.5. The number of fused-ring (bicyclic) bond motifs is 1. The Morgan fingerprint density at radius 1 is 0.970 bits per heavy atom. The molecule has 5 nitrogen and oxygen atoms in total. The lowest BCUT2D eigenvalue weighted by molar-refractivity contribution is -0.132. The van der Waals surface area contributed by atoms with Crippen LogP contribution in [0, 0.1) is 13.8 Å². The van der Waals surface area contributed by atoms with Crippen molar-refractivity contribution in [3.63, 3.8) is 0 Å². The van der Waals surface area contributed by atoms with Crippen LogP contribution in [0.2, 0.25) is 5.02 Å². The predicted octanol–water partition coefficient (Wildman–Crippen LogP) is 6.19. The highest BCUT2D eigenvalue weighted by Gasteiger charge is 2.48. The van der Waals surface area contributed by atoms with Crippen LogP contribution in [-0.2, 0) is 9.59 Å². The number of benzene rings is 3. The normalized spacial score (nSPS) is 17.8. The zero-order valence-corrected chi connectivity index (χ0v) is 19.4. The molecule has 33 heavy (non-hydrogen) atoms. The van der Waals surface area contributed by atoms with E-state index in [-0.39, 0.29) is 11.3 Å². The summed E-state index contributed by atoms with van der Waals surface area (Å²) in [4.78, 5) is 32.5. The first-order valence-corrected chi connectivity index (χ1v) is 11.5. The SMILES string of the molecule is Cc1ccc(C(O)=C2C(=O)C(=O)N(c3nc4ccc(Cl)cc4s3)C2c2ccc(C)cc2)cc1. The van der Waals surface area contributed by atoms with E-state index in [0.29, 0.717) is 26.8 Å². The molecule has 1 N–H and O–H groups in total. The molecule has 1 saturated heterocycles. The van der Waals surface area contributed by atoms with E-state index in [1.54, 1.807) is 30.3 Å². The smallest absolute Gasteiger partial charge is 0.301 e. The van der Waals surface area contributed by atoms with E-state index in [2.05, 4.69) is 4.98 Å². The maximum atomic E-state index is 13.3. The standard InChI is InChI=1S/C26H19ClN2O3S/c1-14-3-7-16(8-4-14)22-21(23(30)17-9-5-15(2)6-10-17)24(31)25(32)29(22)26-28-19-12-11-18(27)13-20(19)33-26/h3-13,22,30H,1-2H3. The van der Waals surface area contributed by atoms with Crippen LogP contribution in [0.25, 0.3) is 16.0 Å². The fourth-order valence-electron chi connectivity index (χ4n) is 3.95. The quantitative estimate of drug-likeness (QED) is 0.218. The fraction of sp³-hybridized carbons (Fsp3) is 0.115. The number of hydrogen-bond acceptors (Lipinski definition) is 5. The summed E-state index contributed by atoms with van der Waals surface area (Å²) in [7, 11) is 0. The first-order valence-electron chi connectivity index (χ1n) is 10.3. The second kappa shape index (κ2) is 8.14. The lowest BCUT2D eigenvalue weighted by atomic mass is 9.94. The molecule has 0 radical (unpaired) electrons. The lowest BCUT2D eigenvalue weighted by Crippen LogP contribution is -2.29. The van der Waals surface area contributed by atoms with E-state index in [0.717, 1.165) is 15.8 Å². The average Bonchev–Trinajstić information content (AvgIpc) is 3.32. The van der Waals surface area contributed by atoms with Crippen molar-refractivity contribution in [2.45, 2.75) is 19.9 Å². The number of aryl methyl sites for hydroxylation is 2. The van der Waals surface area contributed by atoms with Gasteiger partial charge in [0, 0.05) is 10.6 Å². The van der Waals surface area contributed by atoms with Crippen LogP contribution in [0.5, 0.6) is 0 Å². The van der Waals surface area contributed by atoms with Gasteiger partial charge in [-0.1, -0.05) is 82.6 Å². The van der Waals surface area contributed by atoms with E-state index >= 15 is 0 Å². The molecule has 4 aromatic rings. The maximum absolute atomic E-state index is 13.3. The average molecular weight is 475 g/mol. The van der Waals surface area contributed by atoms with E-state index in [4.69, 9.17) is 11.6 Å². The lowest BCUT2D eigenvalue weighted by Gasteiger charge is -2.23. The number of aliphatic hydroxyl groups excluding tert-OH is 1. The van der Waals surface area contributed by atoms with Gasteiger partial charge in [-0.3, -0.25) is 14.5 Å². The van der Waals surface area contributed by atoms with E-state index in [9.17, 15) is 14.7 Å². The highest BCUT2D eigenvalue weighted by Crippen LogP contribution is 2.44. The van der Waals surface area contributed by atoms with Gasteiger partial charge in [-0.25, -0.2) is 4.98 Å². The molecule has 0 spiro atoms. The van der Waals surface area contributed by atoms with Crippen molar-refractivity contribution >= 4 is 55.7 Å². The molecule has 1 fully saturated rings. The van der Waals surface area contributed by atoms with Crippen molar-refractivity contribution in [2.75, 3.05) is 4.90 Å². The molecule has 1 unspecified atom stereocenters. The van der Waals surface area contributed by atoms with Crippen LogP contribution in [0.3, 0.4) is 0 Å². The predicted molar refractivity (Wildman–Crippen MR) is 132 cm³/mol. The summed E-state index contributed by atoms with van der Waals surface area (Å²) in [6, 6.07) is 19.2. The van der Waals surface area contributed by atoms with Crippen molar-refractivity contribution in [1.29, 1.82) is 0 Å². The summed E-state index contributed by atoms with van der Waals surface area (Å²) in [5.74, 6) is -1.67. The van der Waals surface area contributed by atoms with Gasteiger partial charge in [-0.05, 0) is 37.6 Å². The number of amides is 1. The van der Waals surface area contributed by atoms with Gasteiger partial charge in [0.25, 0.3) is 5.78 Å². The summed E-state index contributed by atoms with van der Waals surface area (Å²) in [6.07, 6.45) is 0. The van der Waals surface area contributed by atoms with Gasteiger partial charge in [0.05, 0.1) is 21.8 Å². The van der Waals surface area contributed by atoms with Crippen LogP contribution in [-0.4, -0.2) is 21.8 Å². The molecule has 5 rings (SSSR count). The van der Waals surface area contributed by atoms with Gasteiger partial charge >= 0.3 is 5.91 Å². The zero-order valence-electron chi connectivity index (χ0n) is 17.9. The Balaban J connectivity index is 1.73. The molecule has 1 aliphatic rings. The molecular weight excluding hydrogens is 456 g/mol. The largest absolute Gasteiger partial charge is 0.507 e. The van der Waals surface area contributed by atoms with Crippen molar-refractivity contribution in [2.24, 2.45) is 0 Å².